The van der Waals surface area contributed by atoms with E-state index in [9.17, 15) is 9.59 Å². The topological polar surface area (TPSA) is 49.4 Å². The first kappa shape index (κ1) is 18.0. The van der Waals surface area contributed by atoms with Crippen LogP contribution in [0, 0.1) is 6.92 Å². The molecule has 2 rings (SSSR count). The molecule has 0 saturated carbocycles. The van der Waals surface area contributed by atoms with Crippen molar-refractivity contribution in [3.8, 4) is 0 Å². The highest BCUT2D eigenvalue weighted by molar-refractivity contribution is 6.31. The number of nitrogens with zero attached hydrogens (tertiary/aromatic N) is 1. The first-order chi connectivity index (χ1) is 11.5. The first-order valence-electron chi connectivity index (χ1n) is 7.81. The molecule has 0 bridgehead atoms. The van der Waals surface area contributed by atoms with Crippen molar-refractivity contribution in [2.75, 3.05) is 11.9 Å². The Morgan fingerprint density at radius 2 is 1.83 bits per heavy atom. The molecule has 24 heavy (non-hydrogen) atoms. The van der Waals surface area contributed by atoms with Gasteiger partial charge in [0, 0.05) is 37.1 Å². The molecule has 4 nitrogen and oxygen atoms in total. The summed E-state index contributed by atoms with van der Waals surface area (Å²) in [6.07, 6.45) is 0.234. The highest BCUT2D eigenvalue weighted by atomic mass is 35.5. The summed E-state index contributed by atoms with van der Waals surface area (Å²) < 4.78 is 0. The van der Waals surface area contributed by atoms with E-state index >= 15 is 0 Å². The lowest BCUT2D eigenvalue weighted by molar-refractivity contribution is -0.129. The molecular weight excluding hydrogens is 324 g/mol. The number of nitrogens with one attached hydrogen (secondary N) is 1. The minimum atomic E-state index is -0.144. The molecule has 0 fully saturated rings. The van der Waals surface area contributed by atoms with Crippen molar-refractivity contribution < 1.29 is 9.59 Å². The summed E-state index contributed by atoms with van der Waals surface area (Å²) in [5, 5.41) is 3.42. The van der Waals surface area contributed by atoms with Crippen molar-refractivity contribution in [2.45, 2.75) is 26.8 Å². The second-order valence-electron chi connectivity index (χ2n) is 5.69. The molecule has 1 N–H and O–H groups in total. The van der Waals surface area contributed by atoms with E-state index in [1.807, 2.05) is 49.4 Å². The van der Waals surface area contributed by atoms with E-state index in [0.29, 0.717) is 23.8 Å². The van der Waals surface area contributed by atoms with Crippen LogP contribution in [-0.2, 0) is 16.1 Å². The van der Waals surface area contributed by atoms with Crippen molar-refractivity contribution in [1.82, 2.24) is 4.90 Å². The Morgan fingerprint density at radius 1 is 1.12 bits per heavy atom. The fourth-order valence-electron chi connectivity index (χ4n) is 2.28. The number of hydrogen-bond acceptors (Lipinski definition) is 2. The molecule has 0 aromatic heterocycles. The van der Waals surface area contributed by atoms with Gasteiger partial charge < -0.3 is 10.2 Å². The van der Waals surface area contributed by atoms with Gasteiger partial charge in [-0.05, 0) is 30.2 Å². The lowest BCUT2D eigenvalue weighted by Crippen LogP contribution is -2.31. The number of anilines is 1. The van der Waals surface area contributed by atoms with Gasteiger partial charge in [0.1, 0.15) is 0 Å². The maximum Gasteiger partial charge on any atom is 0.226 e. The minimum absolute atomic E-state index is 0.0509. The second kappa shape index (κ2) is 8.50. The molecule has 2 aromatic carbocycles. The van der Waals surface area contributed by atoms with Gasteiger partial charge in [0.05, 0.1) is 0 Å². The minimum Gasteiger partial charge on any atom is -0.338 e. The Balaban J connectivity index is 1.90. The van der Waals surface area contributed by atoms with Crippen LogP contribution in [-0.4, -0.2) is 23.3 Å². The number of carbonyl (C=O) groups is 2. The number of aryl methyl sites for hydroxylation is 1. The van der Waals surface area contributed by atoms with E-state index in [-0.39, 0.29) is 18.2 Å². The summed E-state index contributed by atoms with van der Waals surface area (Å²) in [5.41, 5.74) is 2.66. The van der Waals surface area contributed by atoms with Gasteiger partial charge in [-0.2, -0.15) is 0 Å². The Bertz CT molecular complexity index is 717. The van der Waals surface area contributed by atoms with Gasteiger partial charge in [0.25, 0.3) is 0 Å². The van der Waals surface area contributed by atoms with Gasteiger partial charge in [-0.1, -0.05) is 48.0 Å². The van der Waals surface area contributed by atoms with Crippen LogP contribution in [0.3, 0.4) is 0 Å². The molecule has 2 aromatic rings. The molecule has 0 aliphatic heterocycles. The van der Waals surface area contributed by atoms with Crippen LogP contribution < -0.4 is 5.32 Å². The Morgan fingerprint density at radius 3 is 2.46 bits per heavy atom. The molecule has 2 amide bonds. The highest BCUT2D eigenvalue weighted by Gasteiger charge is 2.12. The van der Waals surface area contributed by atoms with E-state index in [1.54, 1.807) is 11.0 Å². The molecule has 0 unspecified atom stereocenters. The molecule has 126 valence electrons. The van der Waals surface area contributed by atoms with Crippen molar-refractivity contribution >= 4 is 29.1 Å². The summed E-state index contributed by atoms with van der Waals surface area (Å²) in [6, 6.07) is 15.1. The molecule has 0 heterocycles. The summed E-state index contributed by atoms with van der Waals surface area (Å²) in [4.78, 5) is 25.5. The third-order valence-electron chi connectivity index (χ3n) is 3.73. The van der Waals surface area contributed by atoms with Gasteiger partial charge in [0.2, 0.25) is 11.8 Å². The van der Waals surface area contributed by atoms with Gasteiger partial charge in [-0.25, -0.2) is 0 Å². The summed E-state index contributed by atoms with van der Waals surface area (Å²) in [7, 11) is 0. The van der Waals surface area contributed by atoms with Crippen LogP contribution in [0.2, 0.25) is 5.02 Å². The lowest BCUT2D eigenvalue weighted by Gasteiger charge is -2.21. The van der Waals surface area contributed by atoms with Gasteiger partial charge >= 0.3 is 0 Å². The van der Waals surface area contributed by atoms with Crippen LogP contribution in [0.1, 0.15) is 24.5 Å². The molecule has 5 heteroatoms. The van der Waals surface area contributed by atoms with Gasteiger partial charge in [0.15, 0.2) is 0 Å². The fraction of sp³-hybridized carbons (Fsp3) is 0.263. The summed E-state index contributed by atoms with van der Waals surface area (Å²) >= 11 is 6.05. The molecule has 0 radical (unpaired) electrons. The van der Waals surface area contributed by atoms with E-state index < -0.39 is 0 Å². The average molecular weight is 345 g/mol. The molecule has 0 spiro atoms. The third kappa shape index (κ3) is 5.39. The number of benzene rings is 2. The summed E-state index contributed by atoms with van der Waals surface area (Å²) in [6.45, 7) is 4.29. The van der Waals surface area contributed by atoms with E-state index in [1.165, 1.54) is 6.92 Å². The van der Waals surface area contributed by atoms with Crippen LogP contribution in [0.4, 0.5) is 5.69 Å². The lowest BCUT2D eigenvalue weighted by atomic mass is 10.2. The number of halogens is 1. The smallest absolute Gasteiger partial charge is 0.226 e. The zero-order valence-electron chi connectivity index (χ0n) is 13.9. The van der Waals surface area contributed by atoms with Crippen LogP contribution in [0.25, 0.3) is 0 Å². The number of hydrogen-bond donors (Lipinski definition) is 1. The SMILES string of the molecule is CC(=O)N(CCC(=O)Nc1ccc(C)c(Cl)c1)Cc1ccccc1. The average Bonchev–Trinajstić information content (AvgIpc) is 2.55. The first-order valence-corrected chi connectivity index (χ1v) is 8.19. The second-order valence-corrected chi connectivity index (χ2v) is 6.10. The Hall–Kier alpha value is -2.33. The monoisotopic (exact) mass is 344 g/mol. The van der Waals surface area contributed by atoms with E-state index in [4.69, 9.17) is 11.6 Å². The van der Waals surface area contributed by atoms with Crippen LogP contribution >= 0.6 is 11.6 Å². The van der Waals surface area contributed by atoms with Gasteiger partial charge in [-0.15, -0.1) is 0 Å². The number of rotatable bonds is 6. The number of amides is 2. The predicted molar refractivity (Wildman–Crippen MR) is 97.0 cm³/mol. The fourth-order valence-corrected chi connectivity index (χ4v) is 2.46. The maximum absolute atomic E-state index is 12.1. The maximum atomic E-state index is 12.1. The molecule has 0 aliphatic carbocycles. The number of carbonyl (C=O) groups excluding carboxylic acids is 2. The molecule has 0 saturated heterocycles. The molecule has 0 atom stereocenters. The van der Waals surface area contributed by atoms with Crippen molar-refractivity contribution in [2.24, 2.45) is 0 Å². The van der Waals surface area contributed by atoms with Crippen LogP contribution in [0.15, 0.2) is 48.5 Å². The Labute approximate surface area is 147 Å². The quantitative estimate of drug-likeness (QED) is 0.860. The van der Waals surface area contributed by atoms with E-state index in [0.717, 1.165) is 11.1 Å². The molecular formula is C19H21ClN2O2. The van der Waals surface area contributed by atoms with E-state index in [2.05, 4.69) is 5.32 Å². The van der Waals surface area contributed by atoms with Crippen LogP contribution in [0.5, 0.6) is 0 Å². The Kier molecular flexibility index (Phi) is 6.38. The molecule has 0 aliphatic rings. The standard InChI is InChI=1S/C19H21ClN2O2/c1-14-8-9-17(12-18(14)20)21-19(24)10-11-22(15(2)23)13-16-6-4-3-5-7-16/h3-9,12H,10-11,13H2,1-2H3,(H,21,24). The van der Waals surface area contributed by atoms with Gasteiger partial charge in [-0.3, -0.25) is 9.59 Å². The largest absolute Gasteiger partial charge is 0.338 e. The van der Waals surface area contributed by atoms with Crippen molar-refractivity contribution in [3.63, 3.8) is 0 Å². The third-order valence-corrected chi connectivity index (χ3v) is 4.13. The zero-order valence-corrected chi connectivity index (χ0v) is 14.6. The zero-order chi connectivity index (χ0) is 17.5. The predicted octanol–water partition coefficient (Wildman–Crippen LogP) is 4.03. The van der Waals surface area contributed by atoms with Crippen molar-refractivity contribution in [3.05, 3.63) is 64.7 Å². The highest BCUT2D eigenvalue weighted by Crippen LogP contribution is 2.20. The summed E-state index contributed by atoms with van der Waals surface area (Å²) in [5.74, 6) is -0.195. The van der Waals surface area contributed by atoms with Crippen molar-refractivity contribution in [1.29, 1.82) is 0 Å². The normalized spacial score (nSPS) is 10.3.